The van der Waals surface area contributed by atoms with Crippen LogP contribution in [0.2, 0.25) is 0 Å². The Balaban J connectivity index is 3.20. The molecule has 0 fully saturated rings. The summed E-state index contributed by atoms with van der Waals surface area (Å²) in [5.41, 5.74) is 0. The van der Waals surface area contributed by atoms with E-state index in [0.717, 1.165) is 0 Å². The lowest BCUT2D eigenvalue weighted by Gasteiger charge is -2.01. The summed E-state index contributed by atoms with van der Waals surface area (Å²) in [4.78, 5) is 0. The van der Waals surface area contributed by atoms with Crippen molar-refractivity contribution in [3.63, 3.8) is 0 Å². The molecule has 11 heavy (non-hydrogen) atoms. The molecule has 1 rings (SSSR count). The summed E-state index contributed by atoms with van der Waals surface area (Å²) in [6, 6.07) is 0.129. The molecular weight excluding hydrogens is 212 g/mol. The van der Waals surface area contributed by atoms with Crippen molar-refractivity contribution in [2.75, 3.05) is 14.2 Å². The Morgan fingerprint density at radius 3 is 2.73 bits per heavy atom. The Morgan fingerprint density at radius 2 is 2.18 bits per heavy atom. The SMILES string of the molecule is [2H]c1c(OC)nnc(OC)c1Br. The van der Waals surface area contributed by atoms with Crippen molar-refractivity contribution >= 4 is 15.9 Å². The average Bonchev–Trinajstić information content (AvgIpc) is 2.10. The highest BCUT2D eigenvalue weighted by molar-refractivity contribution is 9.10. The van der Waals surface area contributed by atoms with Crippen LogP contribution in [0.4, 0.5) is 0 Å². The van der Waals surface area contributed by atoms with Gasteiger partial charge in [-0.25, -0.2) is 0 Å². The Kier molecular flexibility index (Phi) is 2.19. The molecular formula is C6H7BrN2O2. The van der Waals surface area contributed by atoms with Gasteiger partial charge in [0.25, 0.3) is 0 Å². The minimum Gasteiger partial charge on any atom is -0.480 e. The molecule has 0 unspecified atom stereocenters. The van der Waals surface area contributed by atoms with Gasteiger partial charge in [-0.15, -0.1) is 10.2 Å². The maximum atomic E-state index is 7.49. The largest absolute Gasteiger partial charge is 0.480 e. The lowest BCUT2D eigenvalue weighted by molar-refractivity contribution is 0.365. The summed E-state index contributed by atoms with van der Waals surface area (Å²) in [5.74, 6) is 0.448. The quantitative estimate of drug-likeness (QED) is 0.752. The van der Waals surface area contributed by atoms with Crippen LogP contribution < -0.4 is 9.47 Å². The van der Waals surface area contributed by atoms with Crippen molar-refractivity contribution < 1.29 is 10.8 Å². The van der Waals surface area contributed by atoms with Crippen molar-refractivity contribution in [2.45, 2.75) is 0 Å². The Hall–Kier alpha value is -0.840. The van der Waals surface area contributed by atoms with Crippen LogP contribution in [-0.4, -0.2) is 24.4 Å². The van der Waals surface area contributed by atoms with Crippen LogP contribution >= 0.6 is 15.9 Å². The zero-order valence-corrected chi connectivity index (χ0v) is 7.67. The summed E-state index contributed by atoms with van der Waals surface area (Å²) in [6.45, 7) is 0. The van der Waals surface area contributed by atoms with Crippen LogP contribution in [0.3, 0.4) is 0 Å². The number of aromatic nitrogens is 2. The van der Waals surface area contributed by atoms with Crippen LogP contribution in [0.25, 0.3) is 0 Å². The number of methoxy groups -OCH3 is 2. The molecule has 0 bridgehead atoms. The highest BCUT2D eigenvalue weighted by atomic mass is 79.9. The number of halogens is 1. The third-order valence-corrected chi connectivity index (χ3v) is 1.56. The fraction of sp³-hybridized carbons (Fsp3) is 0.333. The molecule has 1 aromatic heterocycles. The third kappa shape index (κ3) is 1.80. The van der Waals surface area contributed by atoms with Gasteiger partial charge in [-0.05, 0) is 15.9 Å². The minimum atomic E-state index is 0.129. The van der Waals surface area contributed by atoms with Gasteiger partial charge in [-0.3, -0.25) is 0 Å². The van der Waals surface area contributed by atoms with E-state index >= 15 is 0 Å². The van der Waals surface area contributed by atoms with Gasteiger partial charge in [-0.1, -0.05) is 0 Å². The fourth-order valence-corrected chi connectivity index (χ4v) is 0.940. The van der Waals surface area contributed by atoms with Crippen LogP contribution in [-0.2, 0) is 0 Å². The van der Waals surface area contributed by atoms with E-state index in [4.69, 9.17) is 10.8 Å². The van der Waals surface area contributed by atoms with Crippen LogP contribution in [0.1, 0.15) is 1.37 Å². The molecule has 0 saturated carbocycles. The van der Waals surface area contributed by atoms with Crippen molar-refractivity contribution in [3.05, 3.63) is 10.5 Å². The summed E-state index contributed by atoms with van der Waals surface area (Å²) in [7, 11) is 2.89. The van der Waals surface area contributed by atoms with E-state index in [0.29, 0.717) is 4.47 Å². The highest BCUT2D eigenvalue weighted by Crippen LogP contribution is 2.23. The molecule has 4 nitrogen and oxygen atoms in total. The smallest absolute Gasteiger partial charge is 0.247 e. The normalized spacial score (nSPS) is 10.6. The van der Waals surface area contributed by atoms with Gasteiger partial charge in [0.15, 0.2) is 0 Å². The Morgan fingerprint density at radius 1 is 1.45 bits per heavy atom. The molecule has 0 aromatic carbocycles. The molecule has 0 amide bonds. The predicted octanol–water partition coefficient (Wildman–Crippen LogP) is 1.26. The molecule has 0 N–H and O–H groups in total. The molecule has 0 atom stereocenters. The first-order chi connectivity index (χ1) is 5.70. The van der Waals surface area contributed by atoms with Gasteiger partial charge in [0.1, 0.15) is 0 Å². The van der Waals surface area contributed by atoms with Crippen LogP contribution in [0.15, 0.2) is 10.5 Å². The molecule has 5 heteroatoms. The van der Waals surface area contributed by atoms with E-state index in [1.54, 1.807) is 0 Å². The standard InChI is InChI=1S/C6H7BrN2O2/c1-10-5-3-4(7)6(11-2)9-8-5/h3H,1-2H3/i3D. The zero-order chi connectivity index (χ0) is 9.14. The van der Waals surface area contributed by atoms with Crippen molar-refractivity contribution in [1.82, 2.24) is 10.2 Å². The predicted molar refractivity (Wildman–Crippen MR) is 42.8 cm³/mol. The number of nitrogens with zero attached hydrogens (tertiary/aromatic N) is 2. The van der Waals surface area contributed by atoms with E-state index in [1.807, 2.05) is 0 Å². The molecule has 0 aliphatic rings. The van der Waals surface area contributed by atoms with Crippen molar-refractivity contribution in [2.24, 2.45) is 0 Å². The first-order valence-corrected chi connectivity index (χ1v) is 3.60. The first kappa shape index (κ1) is 6.84. The molecule has 60 valence electrons. The van der Waals surface area contributed by atoms with Gasteiger partial charge in [0.05, 0.1) is 20.1 Å². The molecule has 0 radical (unpaired) electrons. The second-order valence-electron chi connectivity index (χ2n) is 1.66. The molecule has 1 heterocycles. The maximum absolute atomic E-state index is 7.49. The molecule has 0 aliphatic heterocycles. The molecule has 0 aliphatic carbocycles. The number of rotatable bonds is 2. The van der Waals surface area contributed by atoms with Crippen LogP contribution in [0, 0.1) is 0 Å². The van der Waals surface area contributed by atoms with Crippen molar-refractivity contribution in [1.29, 1.82) is 0 Å². The van der Waals surface area contributed by atoms with Gasteiger partial charge in [0.2, 0.25) is 11.8 Å². The minimum absolute atomic E-state index is 0.129. The lowest BCUT2D eigenvalue weighted by Crippen LogP contribution is -1.94. The van der Waals surface area contributed by atoms with Gasteiger partial charge >= 0.3 is 0 Å². The second-order valence-corrected chi connectivity index (χ2v) is 2.45. The van der Waals surface area contributed by atoms with Gasteiger partial charge in [-0.2, -0.15) is 0 Å². The fourth-order valence-electron chi connectivity index (χ4n) is 0.529. The highest BCUT2D eigenvalue weighted by Gasteiger charge is 2.03. The lowest BCUT2D eigenvalue weighted by atomic mass is 10.5. The van der Waals surface area contributed by atoms with Gasteiger partial charge < -0.3 is 9.47 Å². The topological polar surface area (TPSA) is 44.2 Å². The van der Waals surface area contributed by atoms with E-state index < -0.39 is 0 Å². The van der Waals surface area contributed by atoms with E-state index in [9.17, 15) is 0 Å². The molecule has 0 saturated heterocycles. The van der Waals surface area contributed by atoms with Gasteiger partial charge in [0, 0.05) is 6.04 Å². The van der Waals surface area contributed by atoms with E-state index in [-0.39, 0.29) is 17.8 Å². The molecule has 1 aromatic rings. The summed E-state index contributed by atoms with van der Waals surface area (Å²) >= 11 is 3.14. The maximum Gasteiger partial charge on any atom is 0.247 e. The van der Waals surface area contributed by atoms with E-state index in [2.05, 4.69) is 26.1 Å². The Bertz CT molecular complexity index is 266. The summed E-state index contributed by atoms with van der Waals surface area (Å²) in [5, 5.41) is 7.28. The Labute approximate surface area is 74.1 Å². The van der Waals surface area contributed by atoms with Crippen LogP contribution in [0.5, 0.6) is 11.8 Å². The third-order valence-electron chi connectivity index (χ3n) is 1.02. The number of hydrogen-bond acceptors (Lipinski definition) is 4. The first-order valence-electron chi connectivity index (χ1n) is 3.31. The number of hydrogen-bond donors (Lipinski definition) is 0. The van der Waals surface area contributed by atoms with E-state index in [1.165, 1.54) is 14.2 Å². The average molecular weight is 220 g/mol. The number of ether oxygens (including phenoxy) is 2. The summed E-state index contributed by atoms with van der Waals surface area (Å²) < 4.78 is 17.5. The molecule has 0 spiro atoms. The summed E-state index contributed by atoms with van der Waals surface area (Å²) in [6.07, 6.45) is 0. The monoisotopic (exact) mass is 219 g/mol. The van der Waals surface area contributed by atoms with Crippen molar-refractivity contribution in [3.8, 4) is 11.8 Å². The zero-order valence-electron chi connectivity index (χ0n) is 7.09. The second kappa shape index (κ2) is 3.52.